The van der Waals surface area contributed by atoms with Gasteiger partial charge in [-0.2, -0.15) is 5.10 Å². The molecule has 1 unspecified atom stereocenters. The molecule has 0 bridgehead atoms. The molecule has 3 aromatic carbocycles. The van der Waals surface area contributed by atoms with Crippen LogP contribution in [0, 0.1) is 0 Å². The molecule has 0 fully saturated rings. The Labute approximate surface area is 203 Å². The molecule has 1 aromatic heterocycles. The molecule has 33 heavy (non-hydrogen) atoms. The molecular weight excluding hydrogens is 524 g/mol. The van der Waals surface area contributed by atoms with Crippen LogP contribution in [0.1, 0.15) is 23.6 Å². The van der Waals surface area contributed by atoms with Gasteiger partial charge in [-0.1, -0.05) is 51.5 Å². The van der Waals surface area contributed by atoms with E-state index in [4.69, 9.17) is 20.0 Å². The summed E-state index contributed by atoms with van der Waals surface area (Å²) in [6, 6.07) is 20.6. The number of rotatable bonds is 5. The molecule has 0 saturated heterocycles. The van der Waals surface area contributed by atoms with Crippen molar-refractivity contribution in [1.82, 2.24) is 4.98 Å². The van der Waals surface area contributed by atoms with Crippen molar-refractivity contribution >= 4 is 58.3 Å². The van der Waals surface area contributed by atoms with Gasteiger partial charge in [-0.05, 0) is 53.6 Å². The highest BCUT2D eigenvalue weighted by Gasteiger charge is 2.32. The molecule has 1 atom stereocenters. The lowest BCUT2D eigenvalue weighted by atomic mass is 9.98. The summed E-state index contributed by atoms with van der Waals surface area (Å²) < 4.78 is 30.6. The van der Waals surface area contributed by atoms with Gasteiger partial charge in [0, 0.05) is 10.9 Å². The number of anilines is 1. The first kappa shape index (κ1) is 22.0. The average molecular weight is 543 g/mol. The number of hydrogen-bond donors (Lipinski definition) is 1. The fourth-order valence-electron chi connectivity index (χ4n) is 3.76. The van der Waals surface area contributed by atoms with Crippen molar-refractivity contribution in [3.05, 3.63) is 82.3 Å². The quantitative estimate of drug-likeness (QED) is 0.379. The standard InChI is InChI=1S/C23H19BrN4O3S2/c1-31-17-8-4-15(5-9-17)21-13-20(14-2-6-16(24)7-3-14)27-28(21)23-26-19-11-10-18(33(25,29)30)12-22(19)32-23/h2-12,21H,13H2,1H3,(H2,25,29,30). The van der Waals surface area contributed by atoms with E-state index in [9.17, 15) is 8.42 Å². The van der Waals surface area contributed by atoms with Crippen molar-refractivity contribution < 1.29 is 13.2 Å². The number of primary sulfonamides is 1. The van der Waals surface area contributed by atoms with E-state index in [1.165, 1.54) is 17.4 Å². The van der Waals surface area contributed by atoms with Gasteiger partial charge in [-0.25, -0.2) is 23.5 Å². The maximum absolute atomic E-state index is 11.8. The number of nitrogens with two attached hydrogens (primary N) is 1. The molecule has 0 saturated carbocycles. The highest BCUT2D eigenvalue weighted by atomic mass is 79.9. The summed E-state index contributed by atoms with van der Waals surface area (Å²) in [5.74, 6) is 0.785. The molecule has 1 aliphatic heterocycles. The molecular formula is C23H19BrN4O3S2. The van der Waals surface area contributed by atoms with E-state index in [-0.39, 0.29) is 10.9 Å². The third-order valence-corrected chi connectivity index (χ3v) is 7.91. The van der Waals surface area contributed by atoms with Gasteiger partial charge in [0.05, 0.1) is 34.0 Å². The molecule has 7 nitrogen and oxygen atoms in total. The lowest BCUT2D eigenvalue weighted by molar-refractivity contribution is 0.414. The van der Waals surface area contributed by atoms with Crippen LogP contribution in [0.3, 0.4) is 0 Å². The second kappa shape index (κ2) is 8.53. The van der Waals surface area contributed by atoms with Gasteiger partial charge in [-0.3, -0.25) is 0 Å². The first-order valence-electron chi connectivity index (χ1n) is 10.0. The monoisotopic (exact) mass is 542 g/mol. The summed E-state index contributed by atoms with van der Waals surface area (Å²) in [5, 5.41) is 12.8. The van der Waals surface area contributed by atoms with Crippen LogP contribution in [0.25, 0.3) is 10.2 Å². The molecule has 1 aliphatic rings. The fourth-order valence-corrected chi connectivity index (χ4v) is 5.64. The SMILES string of the molecule is COc1ccc(C2CC(c3ccc(Br)cc3)=NN2c2nc3ccc(S(N)(=O)=O)cc3s2)cc1. The Morgan fingerprint density at radius 1 is 1.09 bits per heavy atom. The minimum absolute atomic E-state index is 0.0622. The second-order valence-corrected chi connectivity index (χ2v) is 11.0. The Morgan fingerprint density at radius 3 is 2.48 bits per heavy atom. The summed E-state index contributed by atoms with van der Waals surface area (Å²) in [4.78, 5) is 4.81. The van der Waals surface area contributed by atoms with Crippen LogP contribution < -0.4 is 14.9 Å². The van der Waals surface area contributed by atoms with E-state index in [1.807, 2.05) is 53.5 Å². The Balaban J connectivity index is 1.58. The highest BCUT2D eigenvalue weighted by Crippen LogP contribution is 2.40. The predicted molar refractivity (Wildman–Crippen MR) is 135 cm³/mol. The van der Waals surface area contributed by atoms with E-state index in [1.54, 1.807) is 19.2 Å². The number of fused-ring (bicyclic) bond motifs is 1. The molecule has 0 aliphatic carbocycles. The minimum Gasteiger partial charge on any atom is -0.497 e. The Bertz CT molecular complexity index is 1470. The van der Waals surface area contributed by atoms with Gasteiger partial charge in [0.15, 0.2) is 0 Å². The molecule has 2 N–H and O–H groups in total. The van der Waals surface area contributed by atoms with E-state index < -0.39 is 10.0 Å². The van der Waals surface area contributed by atoms with E-state index >= 15 is 0 Å². The molecule has 0 amide bonds. The minimum atomic E-state index is -3.79. The second-order valence-electron chi connectivity index (χ2n) is 7.56. The summed E-state index contributed by atoms with van der Waals surface area (Å²) in [7, 11) is -2.15. The molecule has 5 rings (SSSR count). The number of thiazole rings is 1. The van der Waals surface area contributed by atoms with Crippen LogP contribution in [0.2, 0.25) is 0 Å². The number of hydrogen-bond acceptors (Lipinski definition) is 7. The zero-order valence-corrected chi connectivity index (χ0v) is 20.7. The number of sulfonamides is 1. The predicted octanol–water partition coefficient (Wildman–Crippen LogP) is 5.07. The summed E-state index contributed by atoms with van der Waals surface area (Å²) in [6.07, 6.45) is 0.701. The smallest absolute Gasteiger partial charge is 0.238 e. The van der Waals surface area contributed by atoms with Gasteiger partial charge < -0.3 is 4.74 Å². The number of halogens is 1. The highest BCUT2D eigenvalue weighted by molar-refractivity contribution is 9.10. The zero-order valence-electron chi connectivity index (χ0n) is 17.5. The Kier molecular flexibility index (Phi) is 5.69. The summed E-state index contributed by atoms with van der Waals surface area (Å²) in [5.41, 5.74) is 3.77. The molecule has 4 aromatic rings. The van der Waals surface area contributed by atoms with Gasteiger partial charge in [0.2, 0.25) is 15.2 Å². The molecule has 2 heterocycles. The zero-order chi connectivity index (χ0) is 23.2. The van der Waals surface area contributed by atoms with Gasteiger partial charge in [0.25, 0.3) is 0 Å². The topological polar surface area (TPSA) is 97.9 Å². The number of nitrogens with zero attached hydrogens (tertiary/aromatic N) is 3. The maximum Gasteiger partial charge on any atom is 0.238 e. The number of ether oxygens (including phenoxy) is 1. The van der Waals surface area contributed by atoms with Crippen LogP contribution in [-0.4, -0.2) is 26.2 Å². The first-order chi connectivity index (χ1) is 15.8. The lowest BCUT2D eigenvalue weighted by Crippen LogP contribution is -2.18. The number of methoxy groups -OCH3 is 1. The first-order valence-corrected chi connectivity index (χ1v) is 13.2. The van der Waals surface area contributed by atoms with Crippen LogP contribution in [0.5, 0.6) is 5.75 Å². The van der Waals surface area contributed by atoms with E-state index in [0.29, 0.717) is 17.1 Å². The average Bonchev–Trinajstić information content (AvgIpc) is 3.43. The van der Waals surface area contributed by atoms with Crippen molar-refractivity contribution in [1.29, 1.82) is 0 Å². The summed E-state index contributed by atoms with van der Waals surface area (Å²) in [6.45, 7) is 0. The van der Waals surface area contributed by atoms with Crippen LogP contribution >= 0.6 is 27.3 Å². The largest absolute Gasteiger partial charge is 0.497 e. The number of hydrazone groups is 1. The van der Waals surface area contributed by atoms with E-state index in [0.717, 1.165) is 31.8 Å². The molecule has 0 spiro atoms. The molecule has 168 valence electrons. The van der Waals surface area contributed by atoms with E-state index in [2.05, 4.69) is 15.9 Å². The van der Waals surface area contributed by atoms with Crippen LogP contribution in [0.4, 0.5) is 5.13 Å². The van der Waals surface area contributed by atoms with Crippen LogP contribution in [0.15, 0.2) is 81.2 Å². The number of benzene rings is 3. The van der Waals surface area contributed by atoms with Gasteiger partial charge >= 0.3 is 0 Å². The van der Waals surface area contributed by atoms with Crippen molar-refractivity contribution in [2.24, 2.45) is 10.2 Å². The fraction of sp³-hybridized carbons (Fsp3) is 0.130. The van der Waals surface area contributed by atoms with Crippen molar-refractivity contribution in [2.75, 3.05) is 12.1 Å². The summed E-state index contributed by atoms with van der Waals surface area (Å²) >= 11 is 4.87. The van der Waals surface area contributed by atoms with Gasteiger partial charge in [0.1, 0.15) is 5.75 Å². The number of aromatic nitrogens is 1. The third-order valence-electron chi connectivity index (χ3n) is 5.46. The third kappa shape index (κ3) is 4.39. The van der Waals surface area contributed by atoms with Crippen molar-refractivity contribution in [3.63, 3.8) is 0 Å². The van der Waals surface area contributed by atoms with Crippen molar-refractivity contribution in [3.8, 4) is 5.75 Å². The Morgan fingerprint density at radius 2 is 1.82 bits per heavy atom. The molecule has 10 heteroatoms. The van der Waals surface area contributed by atoms with Gasteiger partial charge in [-0.15, -0.1) is 0 Å². The lowest BCUT2D eigenvalue weighted by Gasteiger charge is -2.21. The van der Waals surface area contributed by atoms with Crippen LogP contribution in [-0.2, 0) is 10.0 Å². The normalized spacial score (nSPS) is 16.3. The Hall–Kier alpha value is -2.79. The van der Waals surface area contributed by atoms with Crippen molar-refractivity contribution in [2.45, 2.75) is 17.4 Å². The maximum atomic E-state index is 11.8. The molecule has 0 radical (unpaired) electrons.